The second-order valence-corrected chi connectivity index (χ2v) is 4.02. The number of aliphatic hydroxyl groups is 1. The molecular weight excluding hydrogens is 258 g/mol. The second kappa shape index (κ2) is 7.92. The van der Waals surface area contributed by atoms with Gasteiger partial charge in [0, 0.05) is 30.9 Å². The van der Waals surface area contributed by atoms with Crippen molar-refractivity contribution in [3.8, 4) is 11.8 Å². The molecule has 0 unspecified atom stereocenters. The summed E-state index contributed by atoms with van der Waals surface area (Å²) in [4.78, 5) is 28.4. The average molecular weight is 275 g/mol. The first-order valence-corrected chi connectivity index (χ1v) is 6.20. The molecule has 0 aliphatic rings. The Morgan fingerprint density at radius 3 is 2.80 bits per heavy atom. The normalized spacial score (nSPS) is 9.50. The Kier molecular flexibility index (Phi) is 6.20. The summed E-state index contributed by atoms with van der Waals surface area (Å²) in [6, 6.07) is 1.60. The molecule has 0 aliphatic heterocycles. The minimum absolute atomic E-state index is 0.0126. The van der Waals surface area contributed by atoms with Crippen molar-refractivity contribution in [1.29, 1.82) is 0 Å². The predicted octanol–water partition coefficient (Wildman–Crippen LogP) is -0.237. The molecule has 6 heteroatoms. The molecule has 0 saturated heterocycles. The molecule has 6 nitrogen and oxygen atoms in total. The molecule has 0 spiro atoms. The SMILES string of the molecule is CCN(CC(N)=O)C(=O)c1cncc(C#CCCO)c1. The van der Waals surface area contributed by atoms with Gasteiger partial charge in [-0.1, -0.05) is 11.8 Å². The topological polar surface area (TPSA) is 96.5 Å². The summed E-state index contributed by atoms with van der Waals surface area (Å²) in [7, 11) is 0. The van der Waals surface area contributed by atoms with E-state index in [9.17, 15) is 9.59 Å². The van der Waals surface area contributed by atoms with Gasteiger partial charge in [0.2, 0.25) is 5.91 Å². The highest BCUT2D eigenvalue weighted by Gasteiger charge is 2.16. The van der Waals surface area contributed by atoms with Crippen molar-refractivity contribution in [3.05, 3.63) is 29.6 Å². The van der Waals surface area contributed by atoms with Gasteiger partial charge < -0.3 is 15.7 Å². The van der Waals surface area contributed by atoms with Crippen LogP contribution in [0.25, 0.3) is 0 Å². The highest BCUT2D eigenvalue weighted by atomic mass is 16.2. The van der Waals surface area contributed by atoms with Gasteiger partial charge in [-0.25, -0.2) is 0 Å². The van der Waals surface area contributed by atoms with Crippen LogP contribution >= 0.6 is 0 Å². The molecule has 2 amide bonds. The summed E-state index contributed by atoms with van der Waals surface area (Å²) in [5.74, 6) is 4.68. The van der Waals surface area contributed by atoms with Crippen LogP contribution in [0.3, 0.4) is 0 Å². The number of aromatic nitrogens is 1. The van der Waals surface area contributed by atoms with Gasteiger partial charge in [0.15, 0.2) is 0 Å². The number of pyridine rings is 1. The van der Waals surface area contributed by atoms with Gasteiger partial charge in [-0.15, -0.1) is 0 Å². The third kappa shape index (κ3) is 4.71. The Morgan fingerprint density at radius 1 is 1.45 bits per heavy atom. The van der Waals surface area contributed by atoms with Crippen LogP contribution in [-0.2, 0) is 4.79 Å². The molecule has 0 aliphatic carbocycles. The number of amides is 2. The lowest BCUT2D eigenvalue weighted by molar-refractivity contribution is -0.118. The van der Waals surface area contributed by atoms with Crippen molar-refractivity contribution in [2.24, 2.45) is 5.73 Å². The third-order valence-corrected chi connectivity index (χ3v) is 2.47. The van der Waals surface area contributed by atoms with Crippen molar-refractivity contribution in [3.63, 3.8) is 0 Å². The second-order valence-electron chi connectivity index (χ2n) is 4.02. The maximum atomic E-state index is 12.2. The maximum absolute atomic E-state index is 12.2. The molecule has 1 aromatic rings. The minimum Gasteiger partial charge on any atom is -0.395 e. The number of carbonyl (C=O) groups is 2. The number of nitrogens with zero attached hydrogens (tertiary/aromatic N) is 2. The third-order valence-electron chi connectivity index (χ3n) is 2.47. The molecule has 0 aromatic carbocycles. The number of hydrogen-bond donors (Lipinski definition) is 2. The first kappa shape index (κ1) is 15.7. The Labute approximate surface area is 117 Å². The largest absolute Gasteiger partial charge is 0.395 e. The van der Waals surface area contributed by atoms with E-state index in [4.69, 9.17) is 10.8 Å². The summed E-state index contributed by atoms with van der Waals surface area (Å²) in [5.41, 5.74) is 6.03. The van der Waals surface area contributed by atoms with Gasteiger partial charge in [0.1, 0.15) is 0 Å². The summed E-state index contributed by atoms with van der Waals surface area (Å²) in [6.07, 6.45) is 3.32. The van der Waals surface area contributed by atoms with Crippen LogP contribution < -0.4 is 5.73 Å². The molecule has 1 heterocycles. The molecule has 1 rings (SSSR count). The summed E-state index contributed by atoms with van der Waals surface area (Å²) < 4.78 is 0. The predicted molar refractivity (Wildman–Crippen MR) is 73.6 cm³/mol. The Hall–Kier alpha value is -2.39. The zero-order chi connectivity index (χ0) is 15.0. The van der Waals surface area contributed by atoms with E-state index in [0.717, 1.165) is 0 Å². The molecule has 106 valence electrons. The average Bonchev–Trinajstić information content (AvgIpc) is 2.44. The number of likely N-dealkylation sites (N-methyl/N-ethyl adjacent to an activating group) is 1. The van der Waals surface area contributed by atoms with Crippen LogP contribution in [0.5, 0.6) is 0 Å². The Bertz CT molecular complexity index is 546. The van der Waals surface area contributed by atoms with E-state index in [1.54, 1.807) is 13.0 Å². The zero-order valence-corrected chi connectivity index (χ0v) is 11.3. The van der Waals surface area contributed by atoms with Gasteiger partial charge in [-0.2, -0.15) is 0 Å². The molecule has 3 N–H and O–H groups in total. The van der Waals surface area contributed by atoms with Gasteiger partial charge in [-0.05, 0) is 13.0 Å². The fraction of sp³-hybridized carbons (Fsp3) is 0.357. The van der Waals surface area contributed by atoms with E-state index >= 15 is 0 Å². The van der Waals surface area contributed by atoms with Crippen LogP contribution in [0.15, 0.2) is 18.5 Å². The molecule has 0 atom stereocenters. The van der Waals surface area contributed by atoms with Crippen molar-refractivity contribution in [2.75, 3.05) is 19.7 Å². The molecule has 0 saturated carbocycles. The van der Waals surface area contributed by atoms with Crippen molar-refractivity contribution in [2.45, 2.75) is 13.3 Å². The van der Waals surface area contributed by atoms with E-state index in [0.29, 0.717) is 24.1 Å². The minimum atomic E-state index is -0.563. The van der Waals surface area contributed by atoms with E-state index in [1.165, 1.54) is 17.3 Å². The number of aliphatic hydroxyl groups excluding tert-OH is 1. The lowest BCUT2D eigenvalue weighted by atomic mass is 10.2. The first-order valence-electron chi connectivity index (χ1n) is 6.20. The molecule has 0 bridgehead atoms. The number of hydrogen-bond acceptors (Lipinski definition) is 4. The smallest absolute Gasteiger partial charge is 0.255 e. The van der Waals surface area contributed by atoms with Gasteiger partial charge >= 0.3 is 0 Å². The highest BCUT2D eigenvalue weighted by Crippen LogP contribution is 2.06. The zero-order valence-electron chi connectivity index (χ0n) is 11.3. The maximum Gasteiger partial charge on any atom is 0.255 e. The van der Waals surface area contributed by atoms with E-state index < -0.39 is 5.91 Å². The van der Waals surface area contributed by atoms with Crippen LogP contribution in [0.2, 0.25) is 0 Å². The summed E-state index contributed by atoms with van der Waals surface area (Å²) >= 11 is 0. The van der Waals surface area contributed by atoms with E-state index in [2.05, 4.69) is 16.8 Å². The molecule has 0 fully saturated rings. The van der Waals surface area contributed by atoms with Crippen molar-refractivity contribution >= 4 is 11.8 Å². The fourth-order valence-electron chi connectivity index (χ4n) is 1.54. The number of primary amides is 1. The van der Waals surface area contributed by atoms with Crippen molar-refractivity contribution in [1.82, 2.24) is 9.88 Å². The fourth-order valence-corrected chi connectivity index (χ4v) is 1.54. The highest BCUT2D eigenvalue weighted by molar-refractivity contribution is 5.96. The van der Waals surface area contributed by atoms with Crippen LogP contribution in [0.1, 0.15) is 29.3 Å². The quantitative estimate of drug-likeness (QED) is 0.725. The summed E-state index contributed by atoms with van der Waals surface area (Å²) in [6.45, 7) is 2.00. The molecular formula is C14H17N3O3. The van der Waals surface area contributed by atoms with E-state index in [1.807, 2.05) is 0 Å². The van der Waals surface area contributed by atoms with Gasteiger partial charge in [0.25, 0.3) is 5.91 Å². The van der Waals surface area contributed by atoms with Crippen LogP contribution in [0.4, 0.5) is 0 Å². The lowest BCUT2D eigenvalue weighted by Gasteiger charge is -2.18. The standard InChI is InChI=1S/C14H17N3O3/c1-2-17(10-13(15)19)14(20)12-7-11(8-16-9-12)5-3-4-6-18/h7-9,18H,2,4,6,10H2,1H3,(H2,15,19). The molecule has 1 aromatic heterocycles. The number of nitrogens with two attached hydrogens (primary N) is 1. The van der Waals surface area contributed by atoms with Crippen LogP contribution in [-0.4, -0.2) is 46.5 Å². The van der Waals surface area contributed by atoms with Gasteiger partial charge in [-0.3, -0.25) is 14.6 Å². The summed E-state index contributed by atoms with van der Waals surface area (Å²) in [5, 5.41) is 8.65. The molecule has 20 heavy (non-hydrogen) atoms. The number of carbonyl (C=O) groups excluding carboxylic acids is 2. The van der Waals surface area contributed by atoms with Gasteiger partial charge in [0.05, 0.1) is 18.7 Å². The Balaban J connectivity index is 2.90. The molecule has 0 radical (unpaired) electrons. The van der Waals surface area contributed by atoms with Crippen LogP contribution in [0, 0.1) is 11.8 Å². The van der Waals surface area contributed by atoms with E-state index in [-0.39, 0.29) is 19.1 Å². The number of rotatable bonds is 5. The first-order chi connectivity index (χ1) is 9.58. The monoisotopic (exact) mass is 275 g/mol. The van der Waals surface area contributed by atoms with Crippen molar-refractivity contribution < 1.29 is 14.7 Å². The Morgan fingerprint density at radius 2 is 2.20 bits per heavy atom. The lowest BCUT2D eigenvalue weighted by Crippen LogP contribution is -2.38.